The van der Waals surface area contributed by atoms with Gasteiger partial charge in [-0.25, -0.2) is 8.78 Å². The van der Waals surface area contributed by atoms with Crippen molar-refractivity contribution in [3.8, 4) is 0 Å². The standard InChI is InChI=1S/C15H22F2N2O/c1-9(2)7-14(18)15(20)19-10(3)8-11-12(16)5-4-6-13(11)17/h4-6,9-10,14H,7-8,18H2,1-3H3,(H,19,20)/t10?,14-/m0/s1. The molecule has 1 aromatic carbocycles. The molecule has 5 heteroatoms. The van der Waals surface area contributed by atoms with Gasteiger partial charge in [-0.05, 0) is 37.8 Å². The van der Waals surface area contributed by atoms with Gasteiger partial charge >= 0.3 is 0 Å². The predicted octanol–water partition coefficient (Wildman–Crippen LogP) is 2.39. The van der Waals surface area contributed by atoms with Gasteiger partial charge in [0.15, 0.2) is 0 Å². The van der Waals surface area contributed by atoms with Crippen LogP contribution in [0.25, 0.3) is 0 Å². The van der Waals surface area contributed by atoms with Crippen LogP contribution in [0.2, 0.25) is 0 Å². The molecular formula is C15H22F2N2O. The molecule has 3 N–H and O–H groups in total. The van der Waals surface area contributed by atoms with Gasteiger partial charge < -0.3 is 11.1 Å². The van der Waals surface area contributed by atoms with E-state index in [1.54, 1.807) is 6.92 Å². The van der Waals surface area contributed by atoms with E-state index in [1.807, 2.05) is 13.8 Å². The lowest BCUT2D eigenvalue weighted by Gasteiger charge is -2.19. The van der Waals surface area contributed by atoms with E-state index in [2.05, 4.69) is 5.32 Å². The zero-order valence-corrected chi connectivity index (χ0v) is 12.1. The van der Waals surface area contributed by atoms with Crippen molar-refractivity contribution in [2.45, 2.75) is 45.7 Å². The maximum Gasteiger partial charge on any atom is 0.237 e. The molecule has 0 saturated carbocycles. The number of carbonyl (C=O) groups excluding carboxylic acids is 1. The summed E-state index contributed by atoms with van der Waals surface area (Å²) in [7, 11) is 0. The molecule has 0 saturated heterocycles. The minimum absolute atomic E-state index is 0.0160. The average molecular weight is 284 g/mol. The van der Waals surface area contributed by atoms with Gasteiger partial charge in [-0.2, -0.15) is 0 Å². The number of hydrogen-bond donors (Lipinski definition) is 2. The van der Waals surface area contributed by atoms with Gasteiger partial charge in [0.2, 0.25) is 5.91 Å². The number of hydrogen-bond acceptors (Lipinski definition) is 2. The first kappa shape index (κ1) is 16.6. The van der Waals surface area contributed by atoms with Crippen LogP contribution in [0.3, 0.4) is 0 Å². The Balaban J connectivity index is 2.59. The highest BCUT2D eigenvalue weighted by Crippen LogP contribution is 2.14. The van der Waals surface area contributed by atoms with E-state index < -0.39 is 17.7 Å². The molecule has 2 atom stereocenters. The molecular weight excluding hydrogens is 262 g/mol. The Morgan fingerprint density at radius 1 is 1.25 bits per heavy atom. The summed E-state index contributed by atoms with van der Waals surface area (Å²) in [5, 5.41) is 2.69. The van der Waals surface area contributed by atoms with Crippen LogP contribution in [0.1, 0.15) is 32.8 Å². The number of amides is 1. The molecule has 20 heavy (non-hydrogen) atoms. The molecule has 0 spiro atoms. The molecule has 0 aliphatic heterocycles. The molecule has 1 aromatic rings. The Morgan fingerprint density at radius 3 is 2.30 bits per heavy atom. The Bertz CT molecular complexity index is 443. The van der Waals surface area contributed by atoms with Crippen molar-refractivity contribution in [2.75, 3.05) is 0 Å². The zero-order chi connectivity index (χ0) is 15.3. The number of halogens is 2. The molecule has 1 rings (SSSR count). The fourth-order valence-corrected chi connectivity index (χ4v) is 2.05. The van der Waals surface area contributed by atoms with Crippen molar-refractivity contribution in [2.24, 2.45) is 11.7 Å². The van der Waals surface area contributed by atoms with Crippen molar-refractivity contribution >= 4 is 5.91 Å². The maximum absolute atomic E-state index is 13.5. The number of benzene rings is 1. The quantitative estimate of drug-likeness (QED) is 0.842. The largest absolute Gasteiger partial charge is 0.352 e. The molecule has 3 nitrogen and oxygen atoms in total. The highest BCUT2D eigenvalue weighted by atomic mass is 19.1. The van der Waals surface area contributed by atoms with Gasteiger partial charge in [0, 0.05) is 11.6 Å². The summed E-state index contributed by atoms with van der Waals surface area (Å²) in [4.78, 5) is 11.8. The predicted molar refractivity (Wildman–Crippen MR) is 75.1 cm³/mol. The summed E-state index contributed by atoms with van der Waals surface area (Å²) < 4.78 is 27.0. The second-order valence-corrected chi connectivity index (χ2v) is 5.55. The number of nitrogens with two attached hydrogens (primary N) is 1. The smallest absolute Gasteiger partial charge is 0.237 e. The summed E-state index contributed by atoms with van der Waals surface area (Å²) in [5.74, 6) is -1.17. The Labute approximate surface area is 118 Å². The van der Waals surface area contributed by atoms with Crippen LogP contribution in [0, 0.1) is 17.6 Å². The highest BCUT2D eigenvalue weighted by molar-refractivity contribution is 5.81. The molecule has 0 bridgehead atoms. The van der Waals surface area contributed by atoms with E-state index in [9.17, 15) is 13.6 Å². The van der Waals surface area contributed by atoms with Gasteiger partial charge in [0.25, 0.3) is 0 Å². The molecule has 1 amide bonds. The second kappa shape index (κ2) is 7.33. The molecule has 0 aliphatic rings. The van der Waals surface area contributed by atoms with E-state index in [0.29, 0.717) is 12.3 Å². The van der Waals surface area contributed by atoms with Crippen LogP contribution < -0.4 is 11.1 Å². The summed E-state index contributed by atoms with van der Waals surface area (Å²) in [6, 6.07) is 2.75. The van der Waals surface area contributed by atoms with Crippen molar-refractivity contribution in [3.63, 3.8) is 0 Å². The molecule has 0 radical (unpaired) electrons. The third-order valence-corrected chi connectivity index (χ3v) is 3.02. The van der Waals surface area contributed by atoms with Crippen LogP contribution in [0.4, 0.5) is 8.78 Å². The SMILES string of the molecule is CC(C)C[C@H](N)C(=O)NC(C)Cc1c(F)cccc1F. The molecule has 0 aromatic heterocycles. The molecule has 1 unspecified atom stereocenters. The molecule has 112 valence electrons. The summed E-state index contributed by atoms with van der Waals surface area (Å²) in [6.07, 6.45) is 0.672. The van der Waals surface area contributed by atoms with Gasteiger partial charge in [0.1, 0.15) is 11.6 Å². The van der Waals surface area contributed by atoms with E-state index in [1.165, 1.54) is 18.2 Å². The second-order valence-electron chi connectivity index (χ2n) is 5.55. The van der Waals surface area contributed by atoms with Crippen LogP contribution in [0.15, 0.2) is 18.2 Å². The fraction of sp³-hybridized carbons (Fsp3) is 0.533. The lowest BCUT2D eigenvalue weighted by atomic mass is 10.0. The van der Waals surface area contributed by atoms with Gasteiger partial charge in [-0.15, -0.1) is 0 Å². The van der Waals surface area contributed by atoms with E-state index in [4.69, 9.17) is 5.73 Å². The lowest BCUT2D eigenvalue weighted by Crippen LogP contribution is -2.45. The lowest BCUT2D eigenvalue weighted by molar-refractivity contribution is -0.123. The Morgan fingerprint density at radius 2 is 1.80 bits per heavy atom. The van der Waals surface area contributed by atoms with Crippen molar-refractivity contribution in [1.29, 1.82) is 0 Å². The summed E-state index contributed by atoms with van der Waals surface area (Å²) in [6.45, 7) is 5.66. The van der Waals surface area contributed by atoms with Crippen molar-refractivity contribution in [1.82, 2.24) is 5.32 Å². The monoisotopic (exact) mass is 284 g/mol. The highest BCUT2D eigenvalue weighted by Gasteiger charge is 2.19. The molecule has 0 heterocycles. The zero-order valence-electron chi connectivity index (χ0n) is 12.1. The number of nitrogens with one attached hydrogen (secondary N) is 1. The third kappa shape index (κ3) is 4.89. The first-order valence-electron chi connectivity index (χ1n) is 6.80. The Hall–Kier alpha value is -1.49. The molecule has 0 aliphatic carbocycles. The van der Waals surface area contributed by atoms with Gasteiger partial charge in [-0.3, -0.25) is 4.79 Å². The van der Waals surface area contributed by atoms with Crippen molar-refractivity contribution < 1.29 is 13.6 Å². The minimum Gasteiger partial charge on any atom is -0.352 e. The minimum atomic E-state index is -0.599. The van der Waals surface area contributed by atoms with Gasteiger partial charge in [0.05, 0.1) is 6.04 Å². The molecule has 0 fully saturated rings. The van der Waals surface area contributed by atoms with E-state index >= 15 is 0 Å². The van der Waals surface area contributed by atoms with Crippen LogP contribution >= 0.6 is 0 Å². The average Bonchev–Trinajstić information content (AvgIpc) is 2.33. The number of rotatable bonds is 6. The van der Waals surface area contributed by atoms with Crippen LogP contribution in [-0.4, -0.2) is 18.0 Å². The van der Waals surface area contributed by atoms with E-state index in [-0.39, 0.29) is 23.9 Å². The van der Waals surface area contributed by atoms with Gasteiger partial charge in [-0.1, -0.05) is 19.9 Å². The topological polar surface area (TPSA) is 55.1 Å². The fourth-order valence-electron chi connectivity index (χ4n) is 2.05. The summed E-state index contributed by atoms with van der Waals surface area (Å²) >= 11 is 0. The van der Waals surface area contributed by atoms with Crippen LogP contribution in [0.5, 0.6) is 0 Å². The first-order chi connectivity index (χ1) is 9.31. The number of carbonyl (C=O) groups is 1. The van der Waals surface area contributed by atoms with Crippen LogP contribution in [-0.2, 0) is 11.2 Å². The normalized spacial score (nSPS) is 14.2. The summed E-state index contributed by atoms with van der Waals surface area (Å²) in [5.41, 5.74) is 5.74. The Kier molecular flexibility index (Phi) is 6.07. The van der Waals surface area contributed by atoms with E-state index in [0.717, 1.165) is 0 Å². The third-order valence-electron chi connectivity index (χ3n) is 3.02. The van der Waals surface area contributed by atoms with Crippen molar-refractivity contribution in [3.05, 3.63) is 35.4 Å². The first-order valence-corrected chi connectivity index (χ1v) is 6.80. The maximum atomic E-state index is 13.5.